The fourth-order valence-electron chi connectivity index (χ4n) is 1.41. The highest BCUT2D eigenvalue weighted by atomic mass is 16.6. The van der Waals surface area contributed by atoms with Crippen LogP contribution in [0.5, 0.6) is 0 Å². The molecule has 0 unspecified atom stereocenters. The molecule has 5 nitrogen and oxygen atoms in total. The van der Waals surface area contributed by atoms with Gasteiger partial charge in [0, 0.05) is 13.6 Å². The Hall–Kier alpha value is -0.810. The number of nitrogens with zero attached hydrogens (tertiary/aromatic N) is 1. The van der Waals surface area contributed by atoms with E-state index in [-0.39, 0.29) is 6.09 Å². The zero-order valence-corrected chi connectivity index (χ0v) is 11.3. The van der Waals surface area contributed by atoms with Crippen LogP contribution < -0.4 is 5.32 Å². The van der Waals surface area contributed by atoms with E-state index in [2.05, 4.69) is 5.32 Å². The largest absolute Gasteiger partial charge is 0.444 e. The van der Waals surface area contributed by atoms with E-state index in [4.69, 9.17) is 9.47 Å². The number of hydrogen-bond donors (Lipinski definition) is 1. The van der Waals surface area contributed by atoms with Crippen LogP contribution in [0, 0.1) is 0 Å². The van der Waals surface area contributed by atoms with Gasteiger partial charge in [-0.2, -0.15) is 0 Å². The molecule has 0 spiro atoms. The molecule has 5 heteroatoms. The molecular weight excluding hydrogens is 220 g/mol. The van der Waals surface area contributed by atoms with Crippen molar-refractivity contribution >= 4 is 6.09 Å². The molecule has 0 bridgehead atoms. The van der Waals surface area contributed by atoms with Crippen molar-refractivity contribution in [2.45, 2.75) is 38.8 Å². The molecule has 0 aromatic heterocycles. The molecule has 0 aliphatic carbocycles. The zero-order chi connectivity index (χ0) is 12.9. The summed E-state index contributed by atoms with van der Waals surface area (Å²) in [5.74, 6) is 0. The summed E-state index contributed by atoms with van der Waals surface area (Å²) < 4.78 is 10.3. The molecule has 1 aliphatic rings. The lowest BCUT2D eigenvalue weighted by molar-refractivity contribution is -0.00535. The van der Waals surface area contributed by atoms with E-state index in [1.165, 1.54) is 0 Å². The summed E-state index contributed by atoms with van der Waals surface area (Å²) in [5.41, 5.74) is -0.424. The normalized spacial score (nSPS) is 16.5. The van der Waals surface area contributed by atoms with Crippen molar-refractivity contribution in [3.63, 3.8) is 0 Å². The Bertz CT molecular complexity index is 247. The van der Waals surface area contributed by atoms with Gasteiger partial charge < -0.3 is 19.7 Å². The minimum atomic E-state index is -0.424. The molecule has 0 saturated carbocycles. The predicted molar refractivity (Wildman–Crippen MR) is 66.1 cm³/mol. The lowest BCUT2D eigenvalue weighted by Gasteiger charge is -2.28. The number of ether oxygens (including phenoxy) is 2. The standard InChI is InChI=1S/C12H24N2O3/c1-12(2,3)17-11(15)14(4)7-5-6-13-10-8-16-9-10/h10,13H,5-9H2,1-4H3. The van der Waals surface area contributed by atoms with E-state index in [0.29, 0.717) is 12.6 Å². The zero-order valence-electron chi connectivity index (χ0n) is 11.3. The van der Waals surface area contributed by atoms with Gasteiger partial charge >= 0.3 is 6.09 Å². The van der Waals surface area contributed by atoms with Gasteiger partial charge in [0.15, 0.2) is 0 Å². The molecule has 1 fully saturated rings. The minimum Gasteiger partial charge on any atom is -0.444 e. The van der Waals surface area contributed by atoms with Gasteiger partial charge in [0.2, 0.25) is 0 Å². The first-order valence-electron chi connectivity index (χ1n) is 6.14. The maximum absolute atomic E-state index is 11.6. The maximum Gasteiger partial charge on any atom is 0.410 e. The summed E-state index contributed by atoms with van der Waals surface area (Å²) in [6.07, 6.45) is 0.663. The Kier molecular flexibility index (Phi) is 5.21. The first-order valence-corrected chi connectivity index (χ1v) is 6.14. The second-order valence-electron chi connectivity index (χ2n) is 5.44. The van der Waals surface area contributed by atoms with E-state index < -0.39 is 5.60 Å². The van der Waals surface area contributed by atoms with Crippen LogP contribution in [-0.2, 0) is 9.47 Å². The van der Waals surface area contributed by atoms with Gasteiger partial charge in [-0.15, -0.1) is 0 Å². The average Bonchev–Trinajstić information content (AvgIpc) is 2.11. The summed E-state index contributed by atoms with van der Waals surface area (Å²) in [4.78, 5) is 13.2. The molecule has 0 radical (unpaired) electrons. The maximum atomic E-state index is 11.6. The van der Waals surface area contributed by atoms with Crippen molar-refractivity contribution in [3.8, 4) is 0 Å². The van der Waals surface area contributed by atoms with Crippen LogP contribution >= 0.6 is 0 Å². The fraction of sp³-hybridized carbons (Fsp3) is 0.917. The van der Waals surface area contributed by atoms with E-state index in [1.807, 2.05) is 20.8 Å². The van der Waals surface area contributed by atoms with Gasteiger partial charge in [0.25, 0.3) is 0 Å². The number of carbonyl (C=O) groups is 1. The molecule has 1 heterocycles. The van der Waals surface area contributed by atoms with Crippen molar-refractivity contribution in [3.05, 3.63) is 0 Å². The predicted octanol–water partition coefficient (Wildman–Crippen LogP) is 1.23. The summed E-state index contributed by atoms with van der Waals surface area (Å²) in [5, 5.41) is 3.36. The topological polar surface area (TPSA) is 50.8 Å². The van der Waals surface area contributed by atoms with Gasteiger partial charge in [-0.25, -0.2) is 4.79 Å². The molecular formula is C12H24N2O3. The third kappa shape index (κ3) is 5.89. The van der Waals surface area contributed by atoms with E-state index in [0.717, 1.165) is 26.2 Å². The van der Waals surface area contributed by atoms with Crippen LogP contribution in [0.1, 0.15) is 27.2 Å². The average molecular weight is 244 g/mol. The second kappa shape index (κ2) is 6.21. The Labute approximate surface area is 103 Å². The monoisotopic (exact) mass is 244 g/mol. The van der Waals surface area contributed by atoms with Gasteiger partial charge in [0.05, 0.1) is 19.3 Å². The Morgan fingerprint density at radius 2 is 2.12 bits per heavy atom. The number of hydrogen-bond acceptors (Lipinski definition) is 4. The van der Waals surface area contributed by atoms with Crippen molar-refractivity contribution in [2.75, 3.05) is 33.4 Å². The summed E-state index contributed by atoms with van der Waals surface area (Å²) >= 11 is 0. The molecule has 1 amide bonds. The molecule has 0 aromatic rings. The van der Waals surface area contributed by atoms with Crippen molar-refractivity contribution in [2.24, 2.45) is 0 Å². The molecule has 1 rings (SSSR count). The highest BCUT2D eigenvalue weighted by Gasteiger charge is 2.20. The van der Waals surface area contributed by atoms with Gasteiger partial charge in [0.1, 0.15) is 5.60 Å². The van der Waals surface area contributed by atoms with Crippen LogP contribution in [-0.4, -0.2) is 56.0 Å². The van der Waals surface area contributed by atoms with Crippen LogP contribution in [0.4, 0.5) is 4.79 Å². The lowest BCUT2D eigenvalue weighted by atomic mass is 10.2. The smallest absolute Gasteiger partial charge is 0.410 e. The Morgan fingerprint density at radius 3 is 2.59 bits per heavy atom. The van der Waals surface area contributed by atoms with Crippen LogP contribution in [0.15, 0.2) is 0 Å². The summed E-state index contributed by atoms with van der Waals surface area (Å²) in [6, 6.07) is 0.502. The minimum absolute atomic E-state index is 0.260. The van der Waals surface area contributed by atoms with E-state index >= 15 is 0 Å². The van der Waals surface area contributed by atoms with E-state index in [1.54, 1.807) is 11.9 Å². The molecule has 1 saturated heterocycles. The first kappa shape index (κ1) is 14.3. The second-order valence-corrected chi connectivity index (χ2v) is 5.44. The number of amides is 1. The number of rotatable bonds is 5. The fourth-order valence-corrected chi connectivity index (χ4v) is 1.41. The Morgan fingerprint density at radius 1 is 1.47 bits per heavy atom. The van der Waals surface area contributed by atoms with Crippen LogP contribution in [0.2, 0.25) is 0 Å². The number of carbonyl (C=O) groups excluding carboxylic acids is 1. The van der Waals surface area contributed by atoms with Gasteiger partial charge in [-0.3, -0.25) is 0 Å². The molecule has 100 valence electrons. The molecule has 0 aromatic carbocycles. The highest BCUT2D eigenvalue weighted by molar-refractivity contribution is 5.67. The van der Waals surface area contributed by atoms with Crippen LogP contribution in [0.25, 0.3) is 0 Å². The van der Waals surface area contributed by atoms with Crippen LogP contribution in [0.3, 0.4) is 0 Å². The molecule has 1 N–H and O–H groups in total. The van der Waals surface area contributed by atoms with Crippen molar-refractivity contribution in [1.82, 2.24) is 10.2 Å². The first-order chi connectivity index (χ1) is 7.88. The summed E-state index contributed by atoms with van der Waals surface area (Å²) in [7, 11) is 1.76. The number of nitrogens with one attached hydrogen (secondary N) is 1. The third-order valence-corrected chi connectivity index (χ3v) is 2.45. The lowest BCUT2D eigenvalue weighted by Crippen LogP contribution is -2.46. The Balaban J connectivity index is 2.06. The third-order valence-electron chi connectivity index (χ3n) is 2.45. The molecule has 0 atom stereocenters. The molecule has 17 heavy (non-hydrogen) atoms. The van der Waals surface area contributed by atoms with Crippen molar-refractivity contribution < 1.29 is 14.3 Å². The summed E-state index contributed by atoms with van der Waals surface area (Å²) in [6.45, 7) is 8.84. The SMILES string of the molecule is CN(CCCNC1COC1)C(=O)OC(C)(C)C. The quantitative estimate of drug-likeness (QED) is 0.739. The van der Waals surface area contributed by atoms with E-state index in [9.17, 15) is 4.79 Å². The van der Waals surface area contributed by atoms with Gasteiger partial charge in [-0.1, -0.05) is 0 Å². The molecule has 1 aliphatic heterocycles. The van der Waals surface area contributed by atoms with Crippen molar-refractivity contribution in [1.29, 1.82) is 0 Å². The highest BCUT2D eigenvalue weighted by Crippen LogP contribution is 2.09. The van der Waals surface area contributed by atoms with Gasteiger partial charge in [-0.05, 0) is 33.7 Å².